The van der Waals surface area contributed by atoms with Gasteiger partial charge >= 0.3 is 5.97 Å². The van der Waals surface area contributed by atoms with Gasteiger partial charge < -0.3 is 24.8 Å². The van der Waals surface area contributed by atoms with Crippen molar-refractivity contribution in [2.75, 3.05) is 24.5 Å². The highest BCUT2D eigenvalue weighted by Gasteiger charge is 2.32. The predicted octanol–water partition coefficient (Wildman–Crippen LogP) is 0.996. The number of benzene rings is 1. The van der Waals surface area contributed by atoms with E-state index in [-0.39, 0.29) is 18.4 Å². The van der Waals surface area contributed by atoms with Crippen LogP contribution in [0.3, 0.4) is 0 Å². The number of hydrogen-bond donors (Lipinski definition) is 3. The number of anilines is 1. The second kappa shape index (κ2) is 6.72. The molecule has 1 atom stereocenters. The fraction of sp³-hybridized carbons (Fsp3) is 0.471. The average molecular weight is 347 g/mol. The maximum Gasteiger partial charge on any atom is 0.337 e. The number of aliphatic carboxylic acids is 1. The lowest BCUT2D eigenvalue weighted by molar-refractivity contribution is -0.156. The molecule has 1 aromatic carbocycles. The van der Waals surface area contributed by atoms with E-state index in [1.807, 2.05) is 29.2 Å². The quantitative estimate of drug-likeness (QED) is 0.739. The minimum atomic E-state index is -1.96. The van der Waals surface area contributed by atoms with E-state index in [4.69, 9.17) is 9.52 Å². The molecule has 0 aliphatic carbocycles. The van der Waals surface area contributed by atoms with Crippen LogP contribution in [0.25, 0.3) is 11.1 Å². The number of hydrogen-bond acceptors (Lipinski definition) is 6. The third kappa shape index (κ3) is 3.74. The van der Waals surface area contributed by atoms with Gasteiger partial charge in [0, 0.05) is 19.0 Å². The smallest absolute Gasteiger partial charge is 0.337 e. The number of para-hydroxylation sites is 2. The minimum Gasteiger partial charge on any atom is -0.479 e. The molecule has 134 valence electrons. The van der Waals surface area contributed by atoms with E-state index in [0.29, 0.717) is 31.9 Å². The van der Waals surface area contributed by atoms with Crippen molar-refractivity contribution in [1.29, 1.82) is 0 Å². The summed E-state index contributed by atoms with van der Waals surface area (Å²) < 4.78 is 5.74. The minimum absolute atomic E-state index is 0.217. The number of piperidine rings is 1. The number of rotatable bonds is 5. The molecule has 1 amide bonds. The van der Waals surface area contributed by atoms with Crippen molar-refractivity contribution < 1.29 is 24.2 Å². The molecule has 1 fully saturated rings. The Labute approximate surface area is 144 Å². The van der Waals surface area contributed by atoms with Crippen LogP contribution in [-0.4, -0.2) is 52.3 Å². The molecule has 1 aliphatic heterocycles. The van der Waals surface area contributed by atoms with Gasteiger partial charge in [-0.25, -0.2) is 4.79 Å². The molecule has 2 heterocycles. The molecule has 8 nitrogen and oxygen atoms in total. The van der Waals surface area contributed by atoms with E-state index in [9.17, 15) is 14.7 Å². The lowest BCUT2D eigenvalue weighted by Gasteiger charge is -2.30. The first-order valence-corrected chi connectivity index (χ1v) is 8.21. The Bertz CT molecular complexity index is 744. The molecule has 0 radical (unpaired) electrons. The van der Waals surface area contributed by atoms with Crippen LogP contribution >= 0.6 is 0 Å². The molecule has 1 aromatic heterocycles. The zero-order valence-corrected chi connectivity index (χ0v) is 13.9. The maximum atomic E-state index is 12.2. The van der Waals surface area contributed by atoms with Gasteiger partial charge in [-0.05, 0) is 31.9 Å². The van der Waals surface area contributed by atoms with Gasteiger partial charge in [0.15, 0.2) is 11.2 Å². The molecule has 1 saturated heterocycles. The summed E-state index contributed by atoms with van der Waals surface area (Å²) in [6.07, 6.45) is 1.22. The molecule has 1 aliphatic rings. The number of aromatic nitrogens is 1. The topological polar surface area (TPSA) is 116 Å². The Morgan fingerprint density at radius 2 is 2.04 bits per heavy atom. The highest BCUT2D eigenvalue weighted by molar-refractivity contribution is 5.81. The molecule has 3 N–H and O–H groups in total. The number of carboxylic acid groups (broad SMARTS) is 1. The van der Waals surface area contributed by atoms with Crippen LogP contribution < -0.4 is 10.2 Å². The van der Waals surface area contributed by atoms with Gasteiger partial charge in [0.2, 0.25) is 5.91 Å². The first-order chi connectivity index (χ1) is 11.9. The largest absolute Gasteiger partial charge is 0.479 e. The summed E-state index contributed by atoms with van der Waals surface area (Å²) in [6, 6.07) is 8.09. The number of carbonyl (C=O) groups is 2. The van der Waals surface area contributed by atoms with Crippen LogP contribution in [0.2, 0.25) is 0 Å². The number of nitrogens with zero attached hydrogens (tertiary/aromatic N) is 2. The molecule has 0 spiro atoms. The fourth-order valence-corrected chi connectivity index (χ4v) is 2.81. The highest BCUT2D eigenvalue weighted by Crippen LogP contribution is 2.26. The number of carbonyl (C=O) groups excluding carboxylic acids is 1. The Hall–Kier alpha value is -2.61. The van der Waals surface area contributed by atoms with Gasteiger partial charge in [0.05, 0.1) is 6.54 Å². The summed E-state index contributed by atoms with van der Waals surface area (Å²) >= 11 is 0. The first kappa shape index (κ1) is 17.2. The summed E-state index contributed by atoms with van der Waals surface area (Å²) in [5.41, 5.74) is -0.435. The molecule has 25 heavy (non-hydrogen) atoms. The van der Waals surface area contributed by atoms with E-state index < -0.39 is 11.6 Å². The summed E-state index contributed by atoms with van der Waals surface area (Å²) in [4.78, 5) is 29.5. The highest BCUT2D eigenvalue weighted by atomic mass is 16.4. The third-order valence-corrected chi connectivity index (χ3v) is 4.49. The number of fused-ring (bicyclic) bond motifs is 1. The van der Waals surface area contributed by atoms with Crippen molar-refractivity contribution in [3.63, 3.8) is 0 Å². The van der Waals surface area contributed by atoms with Crippen molar-refractivity contribution >= 4 is 29.0 Å². The van der Waals surface area contributed by atoms with Gasteiger partial charge in [-0.3, -0.25) is 4.79 Å². The van der Waals surface area contributed by atoms with E-state index in [1.54, 1.807) is 0 Å². The van der Waals surface area contributed by atoms with E-state index in [2.05, 4.69) is 10.3 Å². The standard InChI is InChI=1S/C17H21N3O5/c1-17(24,15(22)23)10-18-14(21)11-6-8-20(9-7-11)16-19-12-4-2-3-5-13(12)25-16/h2-5,11,24H,6-10H2,1H3,(H,18,21)(H,22,23). The Morgan fingerprint density at radius 1 is 1.36 bits per heavy atom. The Balaban J connectivity index is 1.54. The Morgan fingerprint density at radius 3 is 2.68 bits per heavy atom. The van der Waals surface area contributed by atoms with Gasteiger partial charge in [-0.15, -0.1) is 0 Å². The van der Waals surface area contributed by atoms with Crippen LogP contribution in [0.1, 0.15) is 19.8 Å². The summed E-state index contributed by atoms with van der Waals surface area (Å²) in [5, 5.41) is 21.0. The number of oxazole rings is 1. The monoisotopic (exact) mass is 347 g/mol. The lowest BCUT2D eigenvalue weighted by Crippen LogP contribution is -2.49. The molecule has 0 bridgehead atoms. The first-order valence-electron chi connectivity index (χ1n) is 8.21. The van der Waals surface area contributed by atoms with Crippen molar-refractivity contribution in [1.82, 2.24) is 10.3 Å². The van der Waals surface area contributed by atoms with Gasteiger partial charge in [0.25, 0.3) is 6.01 Å². The van der Waals surface area contributed by atoms with Gasteiger partial charge in [0.1, 0.15) is 5.52 Å². The number of nitrogens with one attached hydrogen (secondary N) is 1. The van der Waals surface area contributed by atoms with Gasteiger partial charge in [-0.1, -0.05) is 12.1 Å². The zero-order chi connectivity index (χ0) is 18.0. The van der Waals surface area contributed by atoms with E-state index in [0.717, 1.165) is 18.0 Å². The summed E-state index contributed by atoms with van der Waals surface area (Å²) in [5.74, 6) is -1.82. The van der Waals surface area contributed by atoms with Crippen LogP contribution in [0.15, 0.2) is 28.7 Å². The second-order valence-corrected chi connectivity index (χ2v) is 6.52. The van der Waals surface area contributed by atoms with Crippen LogP contribution in [-0.2, 0) is 9.59 Å². The Kier molecular flexibility index (Phi) is 4.63. The van der Waals surface area contributed by atoms with Crippen molar-refractivity contribution in [2.24, 2.45) is 5.92 Å². The van der Waals surface area contributed by atoms with Crippen LogP contribution in [0.4, 0.5) is 6.01 Å². The molecule has 8 heteroatoms. The molecular formula is C17H21N3O5. The molecule has 2 aromatic rings. The van der Waals surface area contributed by atoms with E-state index >= 15 is 0 Å². The van der Waals surface area contributed by atoms with E-state index in [1.165, 1.54) is 0 Å². The molecule has 0 saturated carbocycles. The lowest BCUT2D eigenvalue weighted by atomic mass is 9.95. The number of aliphatic hydroxyl groups is 1. The average Bonchev–Trinajstić information content (AvgIpc) is 3.04. The summed E-state index contributed by atoms with van der Waals surface area (Å²) in [6.45, 7) is 2.10. The van der Waals surface area contributed by atoms with Crippen LogP contribution in [0.5, 0.6) is 0 Å². The molecule has 3 rings (SSSR count). The predicted molar refractivity (Wildman–Crippen MR) is 90.2 cm³/mol. The zero-order valence-electron chi connectivity index (χ0n) is 13.9. The molecule has 1 unspecified atom stereocenters. The van der Waals surface area contributed by atoms with Crippen LogP contribution in [0, 0.1) is 5.92 Å². The number of amides is 1. The summed E-state index contributed by atoms with van der Waals surface area (Å²) in [7, 11) is 0. The van der Waals surface area contributed by atoms with Gasteiger partial charge in [-0.2, -0.15) is 4.98 Å². The fourth-order valence-electron chi connectivity index (χ4n) is 2.81. The normalized spacial score (nSPS) is 18.1. The SMILES string of the molecule is CC(O)(CNC(=O)C1CCN(c2nc3ccccc3o2)CC1)C(=O)O. The van der Waals surface area contributed by atoms with Crippen molar-refractivity contribution in [2.45, 2.75) is 25.4 Å². The third-order valence-electron chi connectivity index (χ3n) is 4.49. The maximum absolute atomic E-state index is 12.2. The number of carboxylic acids is 1. The van der Waals surface area contributed by atoms with Crippen molar-refractivity contribution in [3.8, 4) is 0 Å². The second-order valence-electron chi connectivity index (χ2n) is 6.52. The van der Waals surface area contributed by atoms with Crippen molar-refractivity contribution in [3.05, 3.63) is 24.3 Å². The molecular weight excluding hydrogens is 326 g/mol.